The van der Waals surface area contributed by atoms with Crippen LogP contribution in [0, 0.1) is 5.92 Å². The Morgan fingerprint density at radius 2 is 2.44 bits per heavy atom. The van der Waals surface area contributed by atoms with Gasteiger partial charge in [0, 0.05) is 19.3 Å². The summed E-state index contributed by atoms with van der Waals surface area (Å²) in [5.74, 6) is 0.751. The number of rotatable bonds is 4. The zero-order chi connectivity index (χ0) is 11.4. The number of nitrogen functional groups attached to an aromatic ring is 1. The van der Waals surface area contributed by atoms with Gasteiger partial charge in [0.2, 0.25) is 0 Å². The van der Waals surface area contributed by atoms with Gasteiger partial charge in [-0.2, -0.15) is 0 Å². The van der Waals surface area contributed by atoms with Crippen LogP contribution in [0.5, 0.6) is 0 Å². The van der Waals surface area contributed by atoms with Crippen molar-refractivity contribution >= 4 is 11.4 Å². The van der Waals surface area contributed by atoms with Crippen LogP contribution in [-0.2, 0) is 0 Å². The molecular weight excluding hydrogens is 200 g/mol. The molecule has 1 aromatic heterocycles. The highest BCUT2D eigenvalue weighted by atomic mass is 15.1. The molecule has 1 saturated heterocycles. The van der Waals surface area contributed by atoms with Gasteiger partial charge >= 0.3 is 0 Å². The minimum absolute atomic E-state index is 0.714. The van der Waals surface area contributed by atoms with Gasteiger partial charge in [-0.05, 0) is 31.5 Å². The maximum atomic E-state index is 5.68. The van der Waals surface area contributed by atoms with Crippen LogP contribution in [0.15, 0.2) is 18.5 Å². The van der Waals surface area contributed by atoms with Gasteiger partial charge in [0.25, 0.3) is 0 Å². The molecule has 0 spiro atoms. The molecule has 1 unspecified atom stereocenters. The van der Waals surface area contributed by atoms with Gasteiger partial charge in [0.1, 0.15) is 0 Å². The molecule has 3 N–H and O–H groups in total. The first-order valence-electron chi connectivity index (χ1n) is 5.94. The van der Waals surface area contributed by atoms with E-state index in [9.17, 15) is 0 Å². The first-order chi connectivity index (χ1) is 7.78. The van der Waals surface area contributed by atoms with Gasteiger partial charge in [0.15, 0.2) is 0 Å². The van der Waals surface area contributed by atoms with Crippen molar-refractivity contribution in [2.75, 3.05) is 37.2 Å². The normalized spacial score (nSPS) is 21.2. The predicted octanol–water partition coefficient (Wildman–Crippen LogP) is 1.42. The first kappa shape index (κ1) is 11.2. The molecule has 0 aromatic carbocycles. The van der Waals surface area contributed by atoms with Gasteiger partial charge in [-0.3, -0.25) is 4.98 Å². The predicted molar refractivity (Wildman–Crippen MR) is 67.4 cm³/mol. The molecule has 2 rings (SSSR count). The fourth-order valence-electron chi connectivity index (χ4n) is 2.18. The van der Waals surface area contributed by atoms with Crippen LogP contribution >= 0.6 is 0 Å². The second-order valence-corrected chi connectivity index (χ2v) is 4.44. The molecule has 88 valence electrons. The zero-order valence-electron chi connectivity index (χ0n) is 9.82. The SMILES string of the molecule is CCN1CCC(CNc2cncc(N)c2)C1. The van der Waals surface area contributed by atoms with Crippen molar-refractivity contribution in [3.63, 3.8) is 0 Å². The minimum Gasteiger partial charge on any atom is -0.397 e. The highest BCUT2D eigenvalue weighted by molar-refractivity contribution is 5.51. The molecule has 0 radical (unpaired) electrons. The van der Waals surface area contributed by atoms with E-state index in [1.54, 1.807) is 6.20 Å². The van der Waals surface area contributed by atoms with Crippen molar-refractivity contribution in [1.29, 1.82) is 0 Å². The summed E-state index contributed by atoms with van der Waals surface area (Å²) in [6.45, 7) is 6.84. The average molecular weight is 220 g/mol. The zero-order valence-corrected chi connectivity index (χ0v) is 9.82. The minimum atomic E-state index is 0.714. The molecule has 1 fully saturated rings. The smallest absolute Gasteiger partial charge is 0.0547 e. The van der Waals surface area contributed by atoms with Crippen LogP contribution in [0.3, 0.4) is 0 Å². The molecule has 4 nitrogen and oxygen atoms in total. The van der Waals surface area contributed by atoms with Crippen LogP contribution in [0.4, 0.5) is 11.4 Å². The van der Waals surface area contributed by atoms with Crippen molar-refractivity contribution in [3.8, 4) is 0 Å². The molecule has 1 aliphatic rings. The summed E-state index contributed by atoms with van der Waals surface area (Å²) in [4.78, 5) is 6.55. The van der Waals surface area contributed by atoms with Gasteiger partial charge < -0.3 is 16.0 Å². The molecule has 1 atom stereocenters. The number of pyridine rings is 1. The Hall–Kier alpha value is -1.29. The number of hydrogen-bond acceptors (Lipinski definition) is 4. The number of hydrogen-bond donors (Lipinski definition) is 2. The Morgan fingerprint density at radius 3 is 3.12 bits per heavy atom. The van der Waals surface area contributed by atoms with Crippen LogP contribution < -0.4 is 11.1 Å². The molecule has 0 saturated carbocycles. The lowest BCUT2D eigenvalue weighted by molar-refractivity contribution is 0.345. The molecule has 0 aliphatic carbocycles. The summed E-state index contributed by atoms with van der Waals surface area (Å²) in [5, 5.41) is 3.40. The van der Waals surface area contributed by atoms with E-state index in [1.807, 2.05) is 12.3 Å². The molecule has 4 heteroatoms. The van der Waals surface area contributed by atoms with Crippen molar-refractivity contribution in [2.45, 2.75) is 13.3 Å². The third-order valence-electron chi connectivity index (χ3n) is 3.17. The van der Waals surface area contributed by atoms with Crippen molar-refractivity contribution < 1.29 is 0 Å². The highest BCUT2D eigenvalue weighted by Gasteiger charge is 2.20. The van der Waals surface area contributed by atoms with E-state index in [0.29, 0.717) is 5.69 Å². The van der Waals surface area contributed by atoms with Gasteiger partial charge in [-0.25, -0.2) is 0 Å². The van der Waals surface area contributed by atoms with E-state index in [4.69, 9.17) is 5.73 Å². The maximum absolute atomic E-state index is 5.68. The van der Waals surface area contributed by atoms with Crippen molar-refractivity contribution in [2.24, 2.45) is 5.92 Å². The Kier molecular flexibility index (Phi) is 3.62. The van der Waals surface area contributed by atoms with E-state index < -0.39 is 0 Å². The Balaban J connectivity index is 1.80. The van der Waals surface area contributed by atoms with Crippen molar-refractivity contribution in [3.05, 3.63) is 18.5 Å². The summed E-state index contributed by atoms with van der Waals surface area (Å²) < 4.78 is 0. The monoisotopic (exact) mass is 220 g/mol. The number of anilines is 2. The summed E-state index contributed by atoms with van der Waals surface area (Å²) >= 11 is 0. The molecule has 1 aromatic rings. The lowest BCUT2D eigenvalue weighted by Crippen LogP contribution is -2.22. The third kappa shape index (κ3) is 2.85. The van der Waals surface area contributed by atoms with E-state index in [-0.39, 0.29) is 0 Å². The lowest BCUT2D eigenvalue weighted by Gasteiger charge is -2.14. The standard InChI is InChI=1S/C12H20N4/c1-2-16-4-3-10(9-16)6-15-12-5-11(13)7-14-8-12/h5,7-8,10,15H,2-4,6,9,13H2,1H3. The summed E-state index contributed by atoms with van der Waals surface area (Å²) in [5.41, 5.74) is 7.41. The fraction of sp³-hybridized carbons (Fsp3) is 0.583. The number of nitrogens with one attached hydrogen (secondary N) is 1. The lowest BCUT2D eigenvalue weighted by atomic mass is 10.1. The van der Waals surface area contributed by atoms with Crippen LogP contribution in [0.1, 0.15) is 13.3 Å². The van der Waals surface area contributed by atoms with Gasteiger partial charge in [0.05, 0.1) is 17.6 Å². The number of aromatic nitrogens is 1. The number of nitrogens with two attached hydrogens (primary N) is 1. The molecule has 1 aliphatic heterocycles. The molecule has 16 heavy (non-hydrogen) atoms. The molecule has 0 amide bonds. The molecule has 0 bridgehead atoms. The quantitative estimate of drug-likeness (QED) is 0.805. The third-order valence-corrected chi connectivity index (χ3v) is 3.17. The van der Waals surface area contributed by atoms with E-state index in [0.717, 1.165) is 24.7 Å². The van der Waals surface area contributed by atoms with Crippen LogP contribution in [0.2, 0.25) is 0 Å². The van der Waals surface area contributed by atoms with Crippen LogP contribution in [0.25, 0.3) is 0 Å². The fourth-order valence-corrected chi connectivity index (χ4v) is 2.18. The van der Waals surface area contributed by atoms with E-state index in [1.165, 1.54) is 19.5 Å². The van der Waals surface area contributed by atoms with E-state index >= 15 is 0 Å². The highest BCUT2D eigenvalue weighted by Crippen LogP contribution is 2.17. The Bertz CT molecular complexity index is 340. The maximum Gasteiger partial charge on any atom is 0.0547 e. The Labute approximate surface area is 96.8 Å². The largest absolute Gasteiger partial charge is 0.397 e. The first-order valence-corrected chi connectivity index (χ1v) is 5.94. The van der Waals surface area contributed by atoms with Gasteiger partial charge in [-0.1, -0.05) is 6.92 Å². The van der Waals surface area contributed by atoms with E-state index in [2.05, 4.69) is 22.1 Å². The summed E-state index contributed by atoms with van der Waals surface area (Å²) in [6.07, 6.45) is 4.78. The number of nitrogens with zero attached hydrogens (tertiary/aromatic N) is 2. The topological polar surface area (TPSA) is 54.2 Å². The molecule has 2 heterocycles. The summed E-state index contributed by atoms with van der Waals surface area (Å²) in [7, 11) is 0. The number of likely N-dealkylation sites (tertiary alicyclic amines) is 1. The second kappa shape index (κ2) is 5.16. The van der Waals surface area contributed by atoms with Crippen LogP contribution in [-0.4, -0.2) is 36.1 Å². The average Bonchev–Trinajstić information content (AvgIpc) is 2.74. The van der Waals surface area contributed by atoms with Crippen molar-refractivity contribution in [1.82, 2.24) is 9.88 Å². The Morgan fingerprint density at radius 1 is 1.56 bits per heavy atom. The second-order valence-electron chi connectivity index (χ2n) is 4.44. The summed E-state index contributed by atoms with van der Waals surface area (Å²) in [6, 6.07) is 1.93. The van der Waals surface area contributed by atoms with Gasteiger partial charge in [-0.15, -0.1) is 0 Å². The molecular formula is C12H20N4.